The number of amides is 1. The molecule has 7 heteroatoms. The topological polar surface area (TPSA) is 60.5 Å². The summed E-state index contributed by atoms with van der Waals surface area (Å²) in [5.74, 6) is 0.0744. The van der Waals surface area contributed by atoms with Crippen LogP contribution in [0.1, 0.15) is 33.6 Å². The molecule has 2 N–H and O–H groups in total. The molecule has 27 heavy (non-hydrogen) atoms. The van der Waals surface area contributed by atoms with E-state index in [4.69, 9.17) is 0 Å². The molecular weight excluding hydrogens is 358 g/mol. The number of aromatic nitrogens is 1. The molecule has 1 amide bonds. The highest BCUT2D eigenvalue weighted by molar-refractivity contribution is 7.11. The molecule has 2 atom stereocenters. The van der Waals surface area contributed by atoms with Crippen molar-refractivity contribution in [3.05, 3.63) is 51.5 Å². The number of nitrogens with zero attached hydrogens (tertiary/aromatic N) is 3. The zero-order valence-electron chi connectivity index (χ0n) is 15.9. The minimum absolute atomic E-state index is 0.0744. The molecule has 144 valence electrons. The number of rotatable bonds is 4. The third-order valence-corrected chi connectivity index (χ3v) is 6.61. The molecule has 1 aromatic heterocycles. The second-order valence-corrected chi connectivity index (χ2v) is 8.69. The normalized spacial score (nSPS) is 24.7. The van der Waals surface area contributed by atoms with E-state index in [9.17, 15) is 4.79 Å². The molecule has 0 radical (unpaired) electrons. The van der Waals surface area contributed by atoms with Crippen LogP contribution in [0.25, 0.3) is 0 Å². The maximum absolute atomic E-state index is 12.0. The van der Waals surface area contributed by atoms with Crippen LogP contribution in [-0.4, -0.2) is 52.9 Å². The lowest BCUT2D eigenvalue weighted by molar-refractivity contribution is -0.127. The highest BCUT2D eigenvalue weighted by Gasteiger charge is 2.35. The average Bonchev–Trinajstić information content (AvgIpc) is 3.00. The Balaban J connectivity index is 1.41. The lowest BCUT2D eigenvalue weighted by Gasteiger charge is -2.44. The fourth-order valence-electron chi connectivity index (χ4n) is 4.10. The Morgan fingerprint density at radius 1 is 1.15 bits per heavy atom. The molecule has 2 aromatic rings. The van der Waals surface area contributed by atoms with Gasteiger partial charge in [0.15, 0.2) is 0 Å². The van der Waals surface area contributed by atoms with Crippen LogP contribution in [0.5, 0.6) is 0 Å². The van der Waals surface area contributed by atoms with Crippen molar-refractivity contribution in [3.8, 4) is 0 Å². The highest BCUT2D eigenvalue weighted by Crippen LogP contribution is 2.27. The monoisotopic (exact) mass is 385 g/mol. The number of hydrogen-bond donors (Lipinski definition) is 2. The van der Waals surface area contributed by atoms with E-state index >= 15 is 0 Å². The average molecular weight is 386 g/mol. The maximum atomic E-state index is 12.0. The molecule has 6 nitrogen and oxygen atoms in total. The Kier molecular flexibility index (Phi) is 5.54. The minimum Gasteiger partial charge on any atom is -0.296 e. The Labute approximate surface area is 164 Å². The van der Waals surface area contributed by atoms with Crippen molar-refractivity contribution in [1.29, 1.82) is 0 Å². The lowest BCUT2D eigenvalue weighted by atomic mass is 9.93. The summed E-state index contributed by atoms with van der Waals surface area (Å²) in [6, 6.07) is 10.7. The van der Waals surface area contributed by atoms with E-state index in [0.717, 1.165) is 43.4 Å². The zero-order chi connectivity index (χ0) is 18.8. The summed E-state index contributed by atoms with van der Waals surface area (Å²) >= 11 is 1.81. The molecule has 4 rings (SSSR count). The van der Waals surface area contributed by atoms with Gasteiger partial charge in [-0.05, 0) is 19.4 Å². The second-order valence-electron chi connectivity index (χ2n) is 7.41. The molecule has 0 aliphatic carbocycles. The van der Waals surface area contributed by atoms with Crippen molar-refractivity contribution in [3.63, 3.8) is 0 Å². The number of hydrogen-bond acceptors (Lipinski definition) is 6. The number of hydrazine groups is 1. The van der Waals surface area contributed by atoms with Gasteiger partial charge in [-0.2, -0.15) is 0 Å². The van der Waals surface area contributed by atoms with E-state index in [1.165, 1.54) is 10.4 Å². The standard InChI is InChI=1S/C20H27N5OS/c1-14-18(27-15(2)21-14)13-24-8-10-25(11-9-24)17-12-19(26)22-23-20(17)16-6-4-3-5-7-16/h3-7,17,20,23H,8-13H2,1-2H3,(H,22,26). The molecule has 3 heterocycles. The van der Waals surface area contributed by atoms with E-state index in [2.05, 4.69) is 63.7 Å². The number of piperazine rings is 1. The predicted molar refractivity (Wildman–Crippen MR) is 107 cm³/mol. The number of benzene rings is 1. The van der Waals surface area contributed by atoms with Gasteiger partial charge in [0, 0.05) is 50.1 Å². The zero-order valence-corrected chi connectivity index (χ0v) is 16.8. The summed E-state index contributed by atoms with van der Waals surface area (Å²) in [6.07, 6.45) is 0.541. The Bertz CT molecular complexity index is 785. The van der Waals surface area contributed by atoms with Gasteiger partial charge in [-0.15, -0.1) is 11.3 Å². The van der Waals surface area contributed by atoms with E-state index in [0.29, 0.717) is 6.42 Å². The van der Waals surface area contributed by atoms with Crippen LogP contribution in [0.3, 0.4) is 0 Å². The van der Waals surface area contributed by atoms with Gasteiger partial charge < -0.3 is 0 Å². The molecule has 2 fully saturated rings. The van der Waals surface area contributed by atoms with Crippen molar-refractivity contribution >= 4 is 17.2 Å². The summed E-state index contributed by atoms with van der Waals surface area (Å²) in [5, 5.41) is 1.14. The van der Waals surface area contributed by atoms with Gasteiger partial charge in [-0.1, -0.05) is 30.3 Å². The predicted octanol–water partition coefficient (Wildman–Crippen LogP) is 2.01. The highest BCUT2D eigenvalue weighted by atomic mass is 32.1. The van der Waals surface area contributed by atoms with Crippen molar-refractivity contribution < 1.29 is 4.79 Å². The van der Waals surface area contributed by atoms with Crippen LogP contribution >= 0.6 is 11.3 Å². The van der Waals surface area contributed by atoms with E-state index < -0.39 is 0 Å². The molecule has 0 spiro atoms. The van der Waals surface area contributed by atoms with Crippen LogP contribution in [0.15, 0.2) is 30.3 Å². The number of carbonyl (C=O) groups excluding carboxylic acids is 1. The molecule has 2 unspecified atom stereocenters. The first-order valence-electron chi connectivity index (χ1n) is 9.59. The number of thiazole rings is 1. The van der Waals surface area contributed by atoms with E-state index in [1.807, 2.05) is 6.07 Å². The first-order valence-corrected chi connectivity index (χ1v) is 10.4. The summed E-state index contributed by atoms with van der Waals surface area (Å²) in [4.78, 5) is 22.9. The summed E-state index contributed by atoms with van der Waals surface area (Å²) in [5.41, 5.74) is 8.44. The molecule has 2 saturated heterocycles. The SMILES string of the molecule is Cc1nc(C)c(CN2CCN(C3CC(=O)NNC3c3ccccc3)CC2)s1. The van der Waals surface area contributed by atoms with Gasteiger partial charge >= 0.3 is 0 Å². The largest absolute Gasteiger partial charge is 0.296 e. The first-order chi connectivity index (χ1) is 13.1. The number of aryl methyl sites for hydroxylation is 2. The van der Waals surface area contributed by atoms with Gasteiger partial charge in [-0.25, -0.2) is 10.4 Å². The lowest BCUT2D eigenvalue weighted by Crippen LogP contribution is -2.60. The van der Waals surface area contributed by atoms with Crippen LogP contribution in [0, 0.1) is 13.8 Å². The Hall–Kier alpha value is -1.80. The van der Waals surface area contributed by atoms with Gasteiger partial charge in [0.1, 0.15) is 0 Å². The van der Waals surface area contributed by atoms with Crippen molar-refractivity contribution in [2.75, 3.05) is 26.2 Å². The first kappa shape index (κ1) is 18.6. The van der Waals surface area contributed by atoms with E-state index in [1.54, 1.807) is 11.3 Å². The van der Waals surface area contributed by atoms with Gasteiger partial charge in [0.05, 0.1) is 16.7 Å². The van der Waals surface area contributed by atoms with Gasteiger partial charge in [-0.3, -0.25) is 20.0 Å². The van der Waals surface area contributed by atoms with Crippen LogP contribution in [0.2, 0.25) is 0 Å². The molecule has 0 saturated carbocycles. The Morgan fingerprint density at radius 2 is 1.89 bits per heavy atom. The summed E-state index contributed by atoms with van der Waals surface area (Å²) < 4.78 is 0. The van der Waals surface area contributed by atoms with Crippen molar-refractivity contribution in [2.24, 2.45) is 0 Å². The molecule has 0 bridgehead atoms. The molecule has 2 aliphatic rings. The minimum atomic E-state index is 0.0744. The smallest absolute Gasteiger partial charge is 0.235 e. The fraction of sp³-hybridized carbons (Fsp3) is 0.500. The quantitative estimate of drug-likeness (QED) is 0.843. The third kappa shape index (κ3) is 4.21. The van der Waals surface area contributed by atoms with Gasteiger partial charge in [0.2, 0.25) is 5.91 Å². The van der Waals surface area contributed by atoms with E-state index in [-0.39, 0.29) is 18.0 Å². The second kappa shape index (κ2) is 8.06. The van der Waals surface area contributed by atoms with Crippen LogP contribution in [-0.2, 0) is 11.3 Å². The number of nitrogens with one attached hydrogen (secondary N) is 2. The number of carbonyl (C=O) groups is 1. The van der Waals surface area contributed by atoms with Crippen molar-refractivity contribution in [1.82, 2.24) is 25.6 Å². The molecular formula is C20H27N5OS. The fourth-order valence-corrected chi connectivity index (χ4v) is 5.08. The summed E-state index contributed by atoms with van der Waals surface area (Å²) in [7, 11) is 0. The van der Waals surface area contributed by atoms with Crippen molar-refractivity contribution in [2.45, 2.75) is 38.9 Å². The third-order valence-electron chi connectivity index (χ3n) is 5.55. The summed E-state index contributed by atoms with van der Waals surface area (Å²) in [6.45, 7) is 9.18. The Morgan fingerprint density at radius 3 is 2.56 bits per heavy atom. The molecule has 1 aromatic carbocycles. The maximum Gasteiger partial charge on any atom is 0.235 e. The van der Waals surface area contributed by atoms with Crippen LogP contribution < -0.4 is 10.9 Å². The molecule has 2 aliphatic heterocycles. The van der Waals surface area contributed by atoms with Crippen LogP contribution in [0.4, 0.5) is 0 Å². The van der Waals surface area contributed by atoms with Gasteiger partial charge in [0.25, 0.3) is 0 Å².